The van der Waals surface area contributed by atoms with Crippen molar-refractivity contribution in [1.82, 2.24) is 0 Å². The van der Waals surface area contributed by atoms with Crippen LogP contribution in [0.3, 0.4) is 0 Å². The van der Waals surface area contributed by atoms with Crippen molar-refractivity contribution in [2.75, 3.05) is 19.1 Å². The molecule has 0 saturated heterocycles. The van der Waals surface area contributed by atoms with Gasteiger partial charge >= 0.3 is 0 Å². The standard InChI is InChI=1S/C14H14N2O2S2/c1-16(10-6-4-3-5-9(10)13(15)19)14(17)12-11(18-2)7-8-20-12/h3-8H,1-2H3,(H2,15,19). The van der Waals surface area contributed by atoms with E-state index >= 15 is 0 Å². The zero-order valence-electron chi connectivity index (χ0n) is 11.1. The maximum absolute atomic E-state index is 12.5. The number of thiophene rings is 1. The Morgan fingerprint density at radius 3 is 2.70 bits per heavy atom. The Bertz CT molecular complexity index is 652. The van der Waals surface area contributed by atoms with Crippen molar-refractivity contribution in [3.05, 3.63) is 46.2 Å². The molecule has 20 heavy (non-hydrogen) atoms. The fourth-order valence-electron chi connectivity index (χ4n) is 1.85. The van der Waals surface area contributed by atoms with Crippen LogP contribution >= 0.6 is 23.6 Å². The summed E-state index contributed by atoms with van der Waals surface area (Å²) in [7, 11) is 3.24. The van der Waals surface area contributed by atoms with Gasteiger partial charge in [-0.2, -0.15) is 0 Å². The highest BCUT2D eigenvalue weighted by molar-refractivity contribution is 7.80. The van der Waals surface area contributed by atoms with E-state index in [4.69, 9.17) is 22.7 Å². The van der Waals surface area contributed by atoms with Gasteiger partial charge in [0.2, 0.25) is 0 Å². The molecule has 1 amide bonds. The fraction of sp³-hybridized carbons (Fsp3) is 0.143. The van der Waals surface area contributed by atoms with Gasteiger partial charge in [0.1, 0.15) is 15.6 Å². The first-order valence-corrected chi connectivity index (χ1v) is 7.13. The maximum atomic E-state index is 12.5. The predicted octanol–water partition coefficient (Wildman–Crippen LogP) is 2.67. The van der Waals surface area contributed by atoms with E-state index in [0.29, 0.717) is 21.9 Å². The van der Waals surface area contributed by atoms with Gasteiger partial charge in [0, 0.05) is 12.6 Å². The van der Waals surface area contributed by atoms with Crippen molar-refractivity contribution < 1.29 is 9.53 Å². The number of para-hydroxylation sites is 1. The minimum Gasteiger partial charge on any atom is -0.495 e. The lowest BCUT2D eigenvalue weighted by molar-refractivity contribution is 0.0994. The fourth-order valence-corrected chi connectivity index (χ4v) is 2.86. The minimum absolute atomic E-state index is 0.152. The topological polar surface area (TPSA) is 55.6 Å². The molecule has 0 spiro atoms. The van der Waals surface area contributed by atoms with Crippen LogP contribution in [0.1, 0.15) is 15.2 Å². The number of benzene rings is 1. The van der Waals surface area contributed by atoms with E-state index < -0.39 is 0 Å². The molecular weight excluding hydrogens is 292 g/mol. The normalized spacial score (nSPS) is 10.1. The average molecular weight is 306 g/mol. The number of methoxy groups -OCH3 is 1. The van der Waals surface area contributed by atoms with Gasteiger partial charge in [-0.3, -0.25) is 4.79 Å². The van der Waals surface area contributed by atoms with Crippen molar-refractivity contribution in [2.24, 2.45) is 5.73 Å². The maximum Gasteiger partial charge on any atom is 0.271 e. The van der Waals surface area contributed by atoms with E-state index in [1.807, 2.05) is 23.6 Å². The summed E-state index contributed by atoms with van der Waals surface area (Å²) >= 11 is 6.36. The van der Waals surface area contributed by atoms with Crippen LogP contribution in [0.15, 0.2) is 35.7 Å². The van der Waals surface area contributed by atoms with E-state index in [2.05, 4.69) is 0 Å². The lowest BCUT2D eigenvalue weighted by atomic mass is 10.1. The predicted molar refractivity (Wildman–Crippen MR) is 85.9 cm³/mol. The Morgan fingerprint density at radius 1 is 1.35 bits per heavy atom. The van der Waals surface area contributed by atoms with E-state index in [9.17, 15) is 4.79 Å². The molecule has 4 nitrogen and oxygen atoms in total. The second-order valence-corrected chi connectivity index (χ2v) is 5.42. The number of carbonyl (C=O) groups is 1. The summed E-state index contributed by atoms with van der Waals surface area (Å²) in [6.45, 7) is 0. The molecule has 6 heteroatoms. The summed E-state index contributed by atoms with van der Waals surface area (Å²) in [6, 6.07) is 9.05. The van der Waals surface area contributed by atoms with E-state index in [1.165, 1.54) is 16.2 Å². The van der Waals surface area contributed by atoms with Gasteiger partial charge in [-0.25, -0.2) is 0 Å². The zero-order valence-corrected chi connectivity index (χ0v) is 12.8. The van der Waals surface area contributed by atoms with Crippen molar-refractivity contribution >= 4 is 40.1 Å². The zero-order chi connectivity index (χ0) is 14.7. The Kier molecular flexibility index (Phi) is 4.36. The lowest BCUT2D eigenvalue weighted by Crippen LogP contribution is -2.28. The molecule has 0 saturated carbocycles. The number of nitrogens with two attached hydrogens (primary N) is 1. The molecule has 2 aromatic rings. The van der Waals surface area contributed by atoms with Crippen LogP contribution in [0.25, 0.3) is 0 Å². The summed E-state index contributed by atoms with van der Waals surface area (Å²) in [6.07, 6.45) is 0. The largest absolute Gasteiger partial charge is 0.495 e. The van der Waals surface area contributed by atoms with Gasteiger partial charge in [-0.15, -0.1) is 11.3 Å². The summed E-state index contributed by atoms with van der Waals surface area (Å²) in [4.78, 5) is 14.9. The van der Waals surface area contributed by atoms with Gasteiger partial charge in [-0.1, -0.05) is 24.4 Å². The number of carbonyl (C=O) groups excluding carboxylic acids is 1. The van der Waals surface area contributed by atoms with E-state index in [1.54, 1.807) is 26.3 Å². The number of rotatable bonds is 4. The van der Waals surface area contributed by atoms with Crippen LogP contribution in [0.2, 0.25) is 0 Å². The smallest absolute Gasteiger partial charge is 0.271 e. The molecule has 1 aromatic carbocycles. The monoisotopic (exact) mass is 306 g/mol. The van der Waals surface area contributed by atoms with Gasteiger partial charge in [0.25, 0.3) is 5.91 Å². The van der Waals surface area contributed by atoms with Crippen molar-refractivity contribution in [1.29, 1.82) is 0 Å². The molecule has 2 rings (SSSR count). The number of hydrogen-bond acceptors (Lipinski definition) is 4. The van der Waals surface area contributed by atoms with Gasteiger partial charge in [-0.05, 0) is 23.6 Å². The second kappa shape index (κ2) is 6.02. The van der Waals surface area contributed by atoms with Crippen molar-refractivity contribution in [3.8, 4) is 5.75 Å². The van der Waals surface area contributed by atoms with Crippen molar-refractivity contribution in [3.63, 3.8) is 0 Å². The number of thiocarbonyl (C=S) groups is 1. The number of hydrogen-bond donors (Lipinski definition) is 1. The second-order valence-electron chi connectivity index (χ2n) is 4.06. The number of amides is 1. The average Bonchev–Trinajstić information content (AvgIpc) is 2.94. The lowest BCUT2D eigenvalue weighted by Gasteiger charge is -2.20. The first-order valence-electron chi connectivity index (χ1n) is 5.84. The Balaban J connectivity index is 2.39. The molecule has 104 valence electrons. The third-order valence-corrected chi connectivity index (χ3v) is 3.98. The van der Waals surface area contributed by atoms with Crippen LogP contribution < -0.4 is 15.4 Å². The molecule has 0 fully saturated rings. The van der Waals surface area contributed by atoms with Gasteiger partial charge < -0.3 is 15.4 Å². The van der Waals surface area contributed by atoms with Crippen LogP contribution in [0, 0.1) is 0 Å². The van der Waals surface area contributed by atoms with Crippen LogP contribution in [-0.2, 0) is 0 Å². The molecule has 0 radical (unpaired) electrons. The highest BCUT2D eigenvalue weighted by Gasteiger charge is 2.21. The Morgan fingerprint density at radius 2 is 2.05 bits per heavy atom. The molecule has 0 aliphatic rings. The molecule has 0 unspecified atom stereocenters. The molecule has 0 aliphatic carbocycles. The molecule has 1 heterocycles. The number of ether oxygens (including phenoxy) is 1. The summed E-state index contributed by atoms with van der Waals surface area (Å²) < 4.78 is 5.18. The van der Waals surface area contributed by atoms with Gasteiger partial charge in [0.05, 0.1) is 12.8 Å². The van der Waals surface area contributed by atoms with Gasteiger partial charge in [0.15, 0.2) is 0 Å². The van der Waals surface area contributed by atoms with Crippen LogP contribution in [0.5, 0.6) is 5.75 Å². The minimum atomic E-state index is -0.152. The number of nitrogens with zero attached hydrogens (tertiary/aromatic N) is 1. The molecule has 1 aromatic heterocycles. The van der Waals surface area contributed by atoms with Crippen LogP contribution in [-0.4, -0.2) is 25.1 Å². The van der Waals surface area contributed by atoms with Crippen molar-refractivity contribution in [2.45, 2.75) is 0 Å². The summed E-state index contributed by atoms with van der Waals surface area (Å²) in [5.74, 6) is 0.417. The quantitative estimate of drug-likeness (QED) is 0.882. The molecule has 2 N–H and O–H groups in total. The first kappa shape index (κ1) is 14.5. The SMILES string of the molecule is COc1ccsc1C(=O)N(C)c1ccccc1C(N)=S. The third-order valence-electron chi connectivity index (χ3n) is 2.88. The highest BCUT2D eigenvalue weighted by atomic mass is 32.1. The summed E-state index contributed by atoms with van der Waals surface area (Å²) in [5.41, 5.74) is 7.05. The van der Waals surface area contributed by atoms with E-state index in [-0.39, 0.29) is 10.9 Å². The highest BCUT2D eigenvalue weighted by Crippen LogP contribution is 2.28. The number of anilines is 1. The summed E-state index contributed by atoms with van der Waals surface area (Å²) in [5, 5.41) is 1.82. The molecule has 0 bridgehead atoms. The Labute approximate surface area is 126 Å². The Hall–Kier alpha value is -1.92. The molecule has 0 atom stereocenters. The molecular formula is C14H14N2O2S2. The molecule has 0 aliphatic heterocycles. The van der Waals surface area contributed by atoms with Crippen LogP contribution in [0.4, 0.5) is 5.69 Å². The van der Waals surface area contributed by atoms with E-state index in [0.717, 1.165) is 0 Å². The third kappa shape index (κ3) is 2.66. The first-order chi connectivity index (χ1) is 9.56.